The molecule has 292 valence electrons. The van der Waals surface area contributed by atoms with Gasteiger partial charge in [-0.1, -0.05) is 36.4 Å². The number of β-amino-alcohol motifs (C(OH)–C–C–N with tert-alkyl or cyclic N) is 1. The van der Waals surface area contributed by atoms with E-state index in [0.717, 1.165) is 80.2 Å². The van der Waals surface area contributed by atoms with Gasteiger partial charge in [-0.05, 0) is 54.1 Å². The van der Waals surface area contributed by atoms with E-state index >= 15 is 0 Å². The number of aliphatic hydroxyl groups is 1. The van der Waals surface area contributed by atoms with Crippen LogP contribution in [0.25, 0.3) is 11.3 Å². The first-order valence-corrected chi connectivity index (χ1v) is 21.1. The van der Waals surface area contributed by atoms with Crippen molar-refractivity contribution in [1.29, 1.82) is 0 Å². The van der Waals surface area contributed by atoms with Crippen LogP contribution in [-0.2, 0) is 47.0 Å². The third kappa shape index (κ3) is 9.34. The molecule has 0 bridgehead atoms. The predicted molar refractivity (Wildman–Crippen MR) is 197 cm³/mol. The van der Waals surface area contributed by atoms with Crippen molar-refractivity contribution in [2.45, 2.75) is 62.0 Å². The number of piperidine rings is 1. The van der Waals surface area contributed by atoms with Crippen molar-refractivity contribution in [1.82, 2.24) is 44.1 Å². The van der Waals surface area contributed by atoms with Gasteiger partial charge in [0.05, 0.1) is 49.9 Å². The van der Waals surface area contributed by atoms with E-state index in [2.05, 4.69) is 25.3 Å². The summed E-state index contributed by atoms with van der Waals surface area (Å²) in [5, 5.41) is 28.7. The molecule has 4 aromatic rings. The van der Waals surface area contributed by atoms with Gasteiger partial charge in [-0.3, -0.25) is 9.58 Å². The molecule has 2 aromatic heterocycles. The number of thioether (sulfide) groups is 1. The fourth-order valence-electron chi connectivity index (χ4n) is 7.57. The second-order valence-corrected chi connectivity index (χ2v) is 17.3. The van der Waals surface area contributed by atoms with Crippen LogP contribution in [0, 0.1) is 0 Å². The number of morpholine rings is 1. The number of rotatable bonds is 13. The highest BCUT2D eigenvalue weighted by Gasteiger charge is 2.35. The molecule has 1 unspecified atom stereocenters. The molecule has 3 aliphatic heterocycles. The number of hydrogen-bond donors (Lipinski definition) is 1. The highest BCUT2D eigenvalue weighted by molar-refractivity contribution is 7.99. The summed E-state index contributed by atoms with van der Waals surface area (Å²) in [7, 11) is -3.54. The van der Waals surface area contributed by atoms with Gasteiger partial charge >= 0.3 is 6.18 Å². The minimum Gasteiger partial charge on any atom is -0.390 e. The Kier molecular flexibility index (Phi) is 12.1. The van der Waals surface area contributed by atoms with Crippen LogP contribution < -0.4 is 0 Å². The summed E-state index contributed by atoms with van der Waals surface area (Å²) in [5.74, 6) is 1.52. The highest BCUT2D eigenvalue weighted by atomic mass is 32.2. The number of halogens is 3. The molecular formula is C36H46F3N9O4S2. The molecule has 2 aromatic carbocycles. The lowest BCUT2D eigenvalue weighted by atomic mass is 9.95. The van der Waals surface area contributed by atoms with Crippen LogP contribution in [0.3, 0.4) is 0 Å². The van der Waals surface area contributed by atoms with E-state index in [1.54, 1.807) is 4.68 Å². The second kappa shape index (κ2) is 16.8. The van der Waals surface area contributed by atoms with Crippen molar-refractivity contribution in [2.24, 2.45) is 0 Å². The zero-order valence-electron chi connectivity index (χ0n) is 30.2. The molecule has 2 saturated heterocycles. The van der Waals surface area contributed by atoms with E-state index in [9.17, 15) is 26.7 Å². The Morgan fingerprint density at radius 2 is 1.74 bits per heavy atom. The second-order valence-electron chi connectivity index (χ2n) is 14.2. The highest BCUT2D eigenvalue weighted by Crippen LogP contribution is 2.40. The molecule has 13 nitrogen and oxygen atoms in total. The number of tetrazole rings is 1. The molecule has 0 spiro atoms. The number of benzene rings is 2. The van der Waals surface area contributed by atoms with Gasteiger partial charge in [-0.25, -0.2) is 13.1 Å². The molecule has 0 radical (unpaired) electrons. The molecule has 1 N–H and O–H groups in total. The first-order valence-electron chi connectivity index (χ1n) is 18.3. The summed E-state index contributed by atoms with van der Waals surface area (Å²) >= 11 is 1.15. The van der Waals surface area contributed by atoms with Crippen LogP contribution in [0.15, 0.2) is 53.4 Å². The van der Waals surface area contributed by atoms with Gasteiger partial charge in [0.15, 0.2) is 5.82 Å². The predicted octanol–water partition coefficient (Wildman–Crippen LogP) is 3.59. The van der Waals surface area contributed by atoms with Gasteiger partial charge in [0.2, 0.25) is 10.0 Å². The number of fused-ring (bicyclic) bond motifs is 1. The quantitative estimate of drug-likeness (QED) is 0.199. The maximum Gasteiger partial charge on any atom is 0.417 e. The van der Waals surface area contributed by atoms with Gasteiger partial charge in [0.1, 0.15) is 0 Å². The minimum atomic E-state index is -4.54. The lowest BCUT2D eigenvalue weighted by Crippen LogP contribution is -2.40. The average molecular weight is 790 g/mol. The fourth-order valence-corrected chi connectivity index (χ4v) is 9.47. The number of likely N-dealkylation sites (tertiary alicyclic amines) is 1. The Morgan fingerprint density at radius 3 is 2.46 bits per heavy atom. The fraction of sp³-hybridized carbons (Fsp3) is 0.556. The summed E-state index contributed by atoms with van der Waals surface area (Å²) in [4.78, 5) is 4.49. The largest absolute Gasteiger partial charge is 0.417 e. The third-order valence-electron chi connectivity index (χ3n) is 10.4. The molecule has 5 heterocycles. The molecule has 18 heteroatoms. The van der Waals surface area contributed by atoms with Crippen LogP contribution in [-0.4, -0.2) is 135 Å². The van der Waals surface area contributed by atoms with Gasteiger partial charge in [0.25, 0.3) is 0 Å². The zero-order valence-corrected chi connectivity index (χ0v) is 31.9. The van der Waals surface area contributed by atoms with E-state index in [1.165, 1.54) is 16.4 Å². The summed E-state index contributed by atoms with van der Waals surface area (Å²) < 4.78 is 78.1. The van der Waals surface area contributed by atoms with Gasteiger partial charge < -0.3 is 14.7 Å². The lowest BCUT2D eigenvalue weighted by molar-refractivity contribution is -0.139. The topological polar surface area (TPSA) is 135 Å². The Labute approximate surface area is 317 Å². The van der Waals surface area contributed by atoms with E-state index in [1.807, 2.05) is 35.0 Å². The van der Waals surface area contributed by atoms with E-state index in [0.29, 0.717) is 61.8 Å². The Morgan fingerprint density at radius 1 is 0.981 bits per heavy atom. The smallest absolute Gasteiger partial charge is 0.390 e. The monoisotopic (exact) mass is 789 g/mol. The number of ether oxygens (including phenoxy) is 1. The molecule has 2 fully saturated rings. The molecule has 0 saturated carbocycles. The number of hydrogen-bond acceptors (Lipinski definition) is 11. The van der Waals surface area contributed by atoms with Crippen LogP contribution in [0.1, 0.15) is 47.0 Å². The lowest BCUT2D eigenvalue weighted by Gasteiger charge is -2.32. The van der Waals surface area contributed by atoms with Crippen LogP contribution in [0.2, 0.25) is 0 Å². The van der Waals surface area contributed by atoms with Crippen LogP contribution in [0.5, 0.6) is 0 Å². The Hall–Kier alpha value is -3.39. The maximum atomic E-state index is 14.2. The summed E-state index contributed by atoms with van der Waals surface area (Å²) in [6.07, 6.45) is -2.13. The standard InChI is InChI=1S/C36H46F3N9O4S2/c1-54(50,51)46-14-11-32-30(25-46)34(28-7-8-31(36(37,38)39)33(21-28)53-20-17-44-15-18-52-19-16-44)41-47(32)24-29(49)23-45-12-9-27(10-13-45)35-40-42-43-48(35)22-26-5-3-2-4-6-26/h2-8,21,27,29,49H,9-20,22-25H2,1H3. The first kappa shape index (κ1) is 38.9. The molecular weight excluding hydrogens is 744 g/mol. The summed E-state index contributed by atoms with van der Waals surface area (Å²) in [6, 6.07) is 14.1. The number of alkyl halides is 3. The third-order valence-corrected chi connectivity index (χ3v) is 12.7. The van der Waals surface area contributed by atoms with Gasteiger partial charge in [-0.2, -0.15) is 22.6 Å². The maximum absolute atomic E-state index is 14.2. The van der Waals surface area contributed by atoms with Crippen molar-refractivity contribution >= 4 is 21.8 Å². The van der Waals surface area contributed by atoms with E-state index in [-0.39, 0.29) is 30.4 Å². The summed E-state index contributed by atoms with van der Waals surface area (Å²) in [6.45, 7) is 6.32. The van der Waals surface area contributed by atoms with Crippen molar-refractivity contribution in [3.05, 3.63) is 76.7 Å². The van der Waals surface area contributed by atoms with Crippen molar-refractivity contribution in [3.8, 4) is 11.3 Å². The molecule has 1 atom stereocenters. The number of aliphatic hydroxyl groups excluding tert-OH is 1. The number of sulfonamides is 1. The minimum absolute atomic E-state index is 0.0530. The van der Waals surface area contributed by atoms with Gasteiger partial charge in [-0.15, -0.1) is 16.9 Å². The van der Waals surface area contributed by atoms with Crippen molar-refractivity contribution < 1.29 is 31.4 Å². The van der Waals surface area contributed by atoms with Crippen molar-refractivity contribution in [3.63, 3.8) is 0 Å². The average Bonchev–Trinajstić information content (AvgIpc) is 3.76. The Bertz CT molecular complexity index is 1980. The molecule has 0 amide bonds. The molecule has 3 aliphatic rings. The SMILES string of the molecule is CS(=O)(=O)N1CCc2c(c(-c3ccc(C(F)(F)F)c(SCCN4CCOCC4)c3)nn2CC(O)CN2CCC(c3nnnn3Cc3ccccc3)CC2)C1. The zero-order chi connectivity index (χ0) is 37.9. The van der Waals surface area contributed by atoms with Gasteiger partial charge in [0, 0.05) is 79.1 Å². The van der Waals surface area contributed by atoms with E-state index < -0.39 is 27.9 Å². The molecule has 54 heavy (non-hydrogen) atoms. The number of aromatic nitrogens is 6. The Balaban J connectivity index is 1.06. The first-order chi connectivity index (χ1) is 25.9. The van der Waals surface area contributed by atoms with Crippen LogP contribution in [0.4, 0.5) is 13.2 Å². The van der Waals surface area contributed by atoms with E-state index in [4.69, 9.17) is 9.84 Å². The van der Waals surface area contributed by atoms with Crippen LogP contribution >= 0.6 is 11.8 Å². The van der Waals surface area contributed by atoms with Crippen molar-refractivity contribution in [2.75, 3.05) is 71.0 Å². The normalized spacial score (nSPS) is 18.9. The number of nitrogens with zero attached hydrogens (tertiary/aromatic N) is 9. The molecule has 0 aliphatic carbocycles. The summed E-state index contributed by atoms with van der Waals surface area (Å²) in [5.41, 5.74) is 2.76. The molecule has 7 rings (SSSR count).